The van der Waals surface area contributed by atoms with Crippen molar-refractivity contribution in [3.8, 4) is 0 Å². The minimum Gasteiger partial charge on any atom is -0.326 e. The molecule has 0 radical (unpaired) electrons. The Bertz CT molecular complexity index is 561. The minimum atomic E-state index is -3.39. The number of thiophene rings is 1. The quantitative estimate of drug-likeness (QED) is 0.897. The van der Waals surface area contributed by atoms with E-state index in [1.165, 1.54) is 11.3 Å². The van der Waals surface area contributed by atoms with Gasteiger partial charge in [0.15, 0.2) is 0 Å². The second-order valence-electron chi connectivity index (χ2n) is 6.10. The Morgan fingerprint density at radius 2 is 2.21 bits per heavy atom. The fraction of sp³-hybridized carbons (Fsp3) is 0.692. The Morgan fingerprint density at radius 3 is 2.68 bits per heavy atom. The first-order chi connectivity index (χ1) is 8.73. The molecule has 19 heavy (non-hydrogen) atoms. The summed E-state index contributed by atoms with van der Waals surface area (Å²) in [6.07, 6.45) is 2.89. The molecule has 0 aromatic carbocycles. The van der Waals surface area contributed by atoms with Crippen LogP contribution in [0.4, 0.5) is 0 Å². The van der Waals surface area contributed by atoms with E-state index in [1.54, 1.807) is 6.07 Å². The lowest BCUT2D eigenvalue weighted by Gasteiger charge is -2.17. The van der Waals surface area contributed by atoms with Crippen molar-refractivity contribution in [3.63, 3.8) is 0 Å². The van der Waals surface area contributed by atoms with Crippen molar-refractivity contribution >= 4 is 21.4 Å². The maximum Gasteiger partial charge on any atom is 0.250 e. The molecule has 0 spiro atoms. The summed E-state index contributed by atoms with van der Waals surface area (Å²) in [5, 5.41) is 0. The highest BCUT2D eigenvalue weighted by atomic mass is 32.2. The highest BCUT2D eigenvalue weighted by Crippen LogP contribution is 2.37. The normalized spacial score (nSPS) is 22.8. The summed E-state index contributed by atoms with van der Waals surface area (Å²) in [4.78, 5) is 0.937. The van der Waals surface area contributed by atoms with E-state index in [1.807, 2.05) is 6.92 Å². The van der Waals surface area contributed by atoms with Crippen LogP contribution in [0.2, 0.25) is 0 Å². The molecule has 1 unspecified atom stereocenters. The summed E-state index contributed by atoms with van der Waals surface area (Å²) in [6.45, 7) is 6.66. The lowest BCUT2D eigenvalue weighted by atomic mass is 9.92. The van der Waals surface area contributed by atoms with E-state index in [2.05, 4.69) is 18.6 Å². The Balaban J connectivity index is 2.14. The van der Waals surface area contributed by atoms with Gasteiger partial charge in [0.25, 0.3) is 0 Å². The van der Waals surface area contributed by atoms with Crippen LogP contribution in [0, 0.1) is 12.3 Å². The molecule has 1 saturated carbocycles. The van der Waals surface area contributed by atoms with E-state index >= 15 is 0 Å². The molecule has 1 atom stereocenters. The zero-order valence-electron chi connectivity index (χ0n) is 11.7. The third kappa shape index (κ3) is 3.37. The first-order valence-corrected chi connectivity index (χ1v) is 8.85. The van der Waals surface area contributed by atoms with Crippen molar-refractivity contribution in [3.05, 3.63) is 16.5 Å². The molecule has 2 rings (SSSR count). The molecule has 1 aromatic heterocycles. The largest absolute Gasteiger partial charge is 0.326 e. The van der Waals surface area contributed by atoms with Gasteiger partial charge in [0.1, 0.15) is 4.21 Å². The Kier molecular flexibility index (Phi) is 4.07. The molecule has 0 bridgehead atoms. The summed E-state index contributed by atoms with van der Waals surface area (Å²) in [5.41, 5.74) is 6.80. The Labute approximate surface area is 119 Å². The molecule has 4 nitrogen and oxygen atoms in total. The zero-order valence-corrected chi connectivity index (χ0v) is 13.3. The summed E-state index contributed by atoms with van der Waals surface area (Å²) < 4.78 is 27.9. The molecule has 0 aliphatic heterocycles. The van der Waals surface area contributed by atoms with Gasteiger partial charge in [-0.25, -0.2) is 13.1 Å². The lowest BCUT2D eigenvalue weighted by molar-refractivity contribution is 0.372. The molecule has 0 saturated heterocycles. The monoisotopic (exact) mass is 302 g/mol. The van der Waals surface area contributed by atoms with Crippen LogP contribution in [0.1, 0.15) is 43.6 Å². The van der Waals surface area contributed by atoms with Crippen molar-refractivity contribution < 1.29 is 8.42 Å². The number of aryl methyl sites for hydroxylation is 1. The van der Waals surface area contributed by atoms with Crippen molar-refractivity contribution in [1.29, 1.82) is 0 Å². The minimum absolute atomic E-state index is 0.0590. The average Bonchev–Trinajstić information content (AvgIpc) is 2.81. The third-order valence-electron chi connectivity index (χ3n) is 3.74. The van der Waals surface area contributed by atoms with E-state index in [0.29, 0.717) is 10.8 Å². The number of hydrogen-bond acceptors (Lipinski definition) is 4. The summed E-state index contributed by atoms with van der Waals surface area (Å²) >= 11 is 1.27. The number of hydrogen-bond donors (Lipinski definition) is 2. The van der Waals surface area contributed by atoms with Crippen LogP contribution >= 0.6 is 11.3 Å². The molecule has 3 N–H and O–H groups in total. The number of nitrogens with one attached hydrogen (secondary N) is 1. The first kappa shape index (κ1) is 15.0. The Morgan fingerprint density at radius 1 is 1.53 bits per heavy atom. The fourth-order valence-electron chi connectivity index (χ4n) is 2.64. The summed E-state index contributed by atoms with van der Waals surface area (Å²) in [7, 11) is -3.39. The van der Waals surface area contributed by atoms with Gasteiger partial charge in [-0.2, -0.15) is 0 Å². The molecule has 6 heteroatoms. The van der Waals surface area contributed by atoms with Gasteiger partial charge in [-0.15, -0.1) is 11.3 Å². The molecular weight excluding hydrogens is 280 g/mol. The molecular formula is C13H22N2O2S2. The van der Waals surface area contributed by atoms with Gasteiger partial charge >= 0.3 is 0 Å². The first-order valence-electron chi connectivity index (χ1n) is 6.55. The number of sulfonamides is 1. The lowest BCUT2D eigenvalue weighted by Crippen LogP contribution is -2.33. The average molecular weight is 302 g/mol. The van der Waals surface area contributed by atoms with Crippen molar-refractivity contribution in [2.45, 2.75) is 56.8 Å². The van der Waals surface area contributed by atoms with Crippen LogP contribution in [-0.2, 0) is 16.6 Å². The predicted octanol–water partition coefficient (Wildman–Crippen LogP) is 2.37. The van der Waals surface area contributed by atoms with Crippen LogP contribution in [0.15, 0.2) is 10.3 Å². The summed E-state index contributed by atoms with van der Waals surface area (Å²) in [6, 6.07) is 1.78. The second kappa shape index (κ2) is 5.16. The van der Waals surface area contributed by atoms with Gasteiger partial charge in [-0.3, -0.25) is 0 Å². The van der Waals surface area contributed by atoms with Gasteiger partial charge in [-0.05, 0) is 43.2 Å². The smallest absolute Gasteiger partial charge is 0.250 e. The summed E-state index contributed by atoms with van der Waals surface area (Å²) in [5.74, 6) is 0. The van der Waals surface area contributed by atoms with E-state index in [-0.39, 0.29) is 11.5 Å². The number of nitrogens with two attached hydrogens (primary N) is 1. The van der Waals surface area contributed by atoms with Crippen LogP contribution < -0.4 is 10.5 Å². The molecule has 1 aliphatic carbocycles. The van der Waals surface area contributed by atoms with E-state index in [9.17, 15) is 8.42 Å². The van der Waals surface area contributed by atoms with Gasteiger partial charge < -0.3 is 5.73 Å². The van der Waals surface area contributed by atoms with Crippen LogP contribution in [0.5, 0.6) is 0 Å². The fourth-order valence-corrected chi connectivity index (χ4v) is 5.39. The van der Waals surface area contributed by atoms with Gasteiger partial charge in [0.05, 0.1) is 0 Å². The molecule has 1 heterocycles. The molecule has 1 aliphatic rings. The highest BCUT2D eigenvalue weighted by Gasteiger charge is 2.34. The van der Waals surface area contributed by atoms with Crippen molar-refractivity contribution in [1.82, 2.24) is 4.72 Å². The van der Waals surface area contributed by atoms with Crippen molar-refractivity contribution in [2.24, 2.45) is 11.1 Å². The van der Waals surface area contributed by atoms with Gasteiger partial charge in [0.2, 0.25) is 10.0 Å². The highest BCUT2D eigenvalue weighted by molar-refractivity contribution is 7.91. The molecule has 108 valence electrons. The molecule has 0 amide bonds. The number of rotatable bonds is 4. The third-order valence-corrected chi connectivity index (χ3v) is 6.99. The van der Waals surface area contributed by atoms with E-state index in [4.69, 9.17) is 5.73 Å². The van der Waals surface area contributed by atoms with E-state index in [0.717, 1.165) is 29.7 Å². The van der Waals surface area contributed by atoms with Crippen LogP contribution in [0.25, 0.3) is 0 Å². The second-order valence-corrected chi connectivity index (χ2v) is 9.18. The van der Waals surface area contributed by atoms with Gasteiger partial charge in [-0.1, -0.05) is 13.8 Å². The standard InChI is InChI=1S/C13H22N2O2S2/c1-9-6-12(18-11(9)8-14)19(16,17)15-10-4-5-13(2,3)7-10/h6,10,15H,4-5,7-8,14H2,1-3H3. The molecule has 1 aromatic rings. The van der Waals surface area contributed by atoms with Crippen molar-refractivity contribution in [2.75, 3.05) is 0 Å². The Hall–Kier alpha value is -0.430. The SMILES string of the molecule is Cc1cc(S(=O)(=O)NC2CCC(C)(C)C2)sc1CN. The van der Waals surface area contributed by atoms with E-state index < -0.39 is 10.0 Å². The van der Waals surface area contributed by atoms with Crippen LogP contribution in [-0.4, -0.2) is 14.5 Å². The zero-order chi connectivity index (χ0) is 14.3. The molecule has 1 fully saturated rings. The maximum absolute atomic E-state index is 12.3. The predicted molar refractivity (Wildman–Crippen MR) is 78.7 cm³/mol. The maximum atomic E-state index is 12.3. The topological polar surface area (TPSA) is 72.2 Å². The van der Waals surface area contributed by atoms with Crippen LogP contribution in [0.3, 0.4) is 0 Å². The van der Waals surface area contributed by atoms with Gasteiger partial charge in [0, 0.05) is 17.5 Å².